The molecule has 0 heterocycles. The number of nitrogens with one attached hydrogen (secondary N) is 1. The molecule has 0 aliphatic carbocycles. The molecule has 1 unspecified atom stereocenters. The number of benzene rings is 1. The van der Waals surface area contributed by atoms with E-state index >= 15 is 0 Å². The monoisotopic (exact) mass is 317 g/mol. The quantitative estimate of drug-likeness (QED) is 0.756. The van der Waals surface area contributed by atoms with Crippen molar-refractivity contribution in [1.82, 2.24) is 9.62 Å². The van der Waals surface area contributed by atoms with Crippen LogP contribution in [-0.4, -0.2) is 45.4 Å². The molecule has 0 spiro atoms. The predicted molar refractivity (Wildman–Crippen MR) is 77.5 cm³/mol. The van der Waals surface area contributed by atoms with E-state index in [1.165, 1.54) is 23.1 Å². The van der Waals surface area contributed by atoms with Gasteiger partial charge in [0.1, 0.15) is 10.7 Å². The lowest BCUT2D eigenvalue weighted by Crippen LogP contribution is -2.41. The van der Waals surface area contributed by atoms with Gasteiger partial charge in [0, 0.05) is 32.6 Å². The zero-order valence-electron chi connectivity index (χ0n) is 12.0. The van der Waals surface area contributed by atoms with Gasteiger partial charge in [0.15, 0.2) is 0 Å². The molecule has 6 nitrogen and oxygen atoms in total. The summed E-state index contributed by atoms with van der Waals surface area (Å²) in [6.07, 6.45) is -0.0193. The zero-order chi connectivity index (χ0) is 16.0. The van der Waals surface area contributed by atoms with Crippen LogP contribution in [0.25, 0.3) is 0 Å². The number of carbonyl (C=O) groups excluding carboxylic acids is 1. The van der Waals surface area contributed by atoms with Crippen LogP contribution in [0.4, 0.5) is 4.39 Å². The van der Waals surface area contributed by atoms with Gasteiger partial charge < -0.3 is 10.6 Å². The Kier molecular flexibility index (Phi) is 6.25. The number of sulfonamides is 1. The van der Waals surface area contributed by atoms with Gasteiger partial charge in [-0.05, 0) is 19.1 Å². The minimum absolute atomic E-state index is 0.0193. The van der Waals surface area contributed by atoms with E-state index < -0.39 is 20.7 Å². The first kappa shape index (κ1) is 17.5. The van der Waals surface area contributed by atoms with Crippen LogP contribution >= 0.6 is 0 Å². The molecule has 1 aromatic rings. The van der Waals surface area contributed by atoms with Gasteiger partial charge in [-0.3, -0.25) is 4.79 Å². The largest absolute Gasteiger partial charge is 0.342 e. The maximum Gasteiger partial charge on any atom is 0.243 e. The van der Waals surface area contributed by atoms with Gasteiger partial charge in [-0.1, -0.05) is 12.1 Å². The molecule has 0 saturated carbocycles. The number of hydrogen-bond donors (Lipinski definition) is 2. The Morgan fingerprint density at radius 1 is 1.43 bits per heavy atom. The summed E-state index contributed by atoms with van der Waals surface area (Å²) in [6, 6.07) is 4.94. The average Bonchev–Trinajstić information content (AvgIpc) is 2.45. The fourth-order valence-electron chi connectivity index (χ4n) is 1.61. The number of hydrogen-bond acceptors (Lipinski definition) is 4. The summed E-state index contributed by atoms with van der Waals surface area (Å²) in [4.78, 5) is 12.8. The Balaban J connectivity index is 2.60. The summed E-state index contributed by atoms with van der Waals surface area (Å²) in [6.45, 7) is 2.02. The Morgan fingerprint density at radius 2 is 2.05 bits per heavy atom. The van der Waals surface area contributed by atoms with E-state index in [2.05, 4.69) is 4.72 Å². The van der Waals surface area contributed by atoms with E-state index in [4.69, 9.17) is 5.73 Å². The highest BCUT2D eigenvalue weighted by atomic mass is 32.2. The molecule has 0 bridgehead atoms. The third-order valence-corrected chi connectivity index (χ3v) is 4.65. The molecule has 8 heteroatoms. The van der Waals surface area contributed by atoms with Crippen molar-refractivity contribution in [3.8, 4) is 0 Å². The molecular formula is C13H20FN3O3S. The fraction of sp³-hybridized carbons (Fsp3) is 0.462. The SMILES string of the molecule is CC(CN)N(C)C(=O)CCNS(=O)(=O)c1ccccc1F. The Labute approximate surface area is 124 Å². The Morgan fingerprint density at radius 3 is 2.62 bits per heavy atom. The summed E-state index contributed by atoms with van der Waals surface area (Å²) >= 11 is 0. The number of nitrogens with zero attached hydrogens (tertiary/aromatic N) is 1. The van der Waals surface area contributed by atoms with Crippen molar-refractivity contribution in [3.63, 3.8) is 0 Å². The number of halogens is 1. The third kappa shape index (κ3) is 4.76. The van der Waals surface area contributed by atoms with Crippen LogP contribution in [0.3, 0.4) is 0 Å². The molecule has 0 aliphatic heterocycles. The van der Waals surface area contributed by atoms with Crippen LogP contribution in [0.2, 0.25) is 0 Å². The molecule has 1 rings (SSSR count). The molecule has 1 atom stereocenters. The van der Waals surface area contributed by atoms with Gasteiger partial charge in [-0.25, -0.2) is 17.5 Å². The molecule has 0 fully saturated rings. The molecule has 21 heavy (non-hydrogen) atoms. The van der Waals surface area contributed by atoms with Crippen molar-refractivity contribution in [2.75, 3.05) is 20.1 Å². The summed E-state index contributed by atoms with van der Waals surface area (Å²) in [5.41, 5.74) is 5.45. The highest BCUT2D eigenvalue weighted by molar-refractivity contribution is 7.89. The van der Waals surface area contributed by atoms with Crippen LogP contribution < -0.4 is 10.5 Å². The minimum atomic E-state index is -3.96. The highest BCUT2D eigenvalue weighted by Gasteiger charge is 2.19. The van der Waals surface area contributed by atoms with Crippen molar-refractivity contribution in [1.29, 1.82) is 0 Å². The number of rotatable bonds is 7. The molecule has 1 amide bonds. The van der Waals surface area contributed by atoms with E-state index in [1.807, 2.05) is 0 Å². The first-order valence-corrected chi connectivity index (χ1v) is 7.98. The van der Waals surface area contributed by atoms with E-state index in [0.29, 0.717) is 6.54 Å². The topological polar surface area (TPSA) is 92.5 Å². The molecular weight excluding hydrogens is 297 g/mol. The summed E-state index contributed by atoms with van der Waals surface area (Å²) < 4.78 is 39.5. The number of carbonyl (C=O) groups is 1. The molecule has 118 valence electrons. The number of likely N-dealkylation sites (N-methyl/N-ethyl adjacent to an activating group) is 1. The van der Waals surface area contributed by atoms with E-state index in [9.17, 15) is 17.6 Å². The molecule has 0 radical (unpaired) electrons. The minimum Gasteiger partial charge on any atom is -0.342 e. The van der Waals surface area contributed by atoms with Crippen molar-refractivity contribution in [2.45, 2.75) is 24.3 Å². The summed E-state index contributed by atoms with van der Waals surface area (Å²) in [5, 5.41) is 0. The lowest BCUT2D eigenvalue weighted by molar-refractivity contribution is -0.131. The van der Waals surface area contributed by atoms with Crippen molar-refractivity contribution < 1.29 is 17.6 Å². The van der Waals surface area contributed by atoms with E-state index in [1.54, 1.807) is 14.0 Å². The highest BCUT2D eigenvalue weighted by Crippen LogP contribution is 2.12. The predicted octanol–water partition coefficient (Wildman–Crippen LogP) is 0.300. The van der Waals surface area contributed by atoms with Crippen LogP contribution in [0.15, 0.2) is 29.2 Å². The number of amides is 1. The van der Waals surface area contributed by atoms with Crippen molar-refractivity contribution in [3.05, 3.63) is 30.1 Å². The van der Waals surface area contributed by atoms with Gasteiger partial charge in [0.25, 0.3) is 0 Å². The third-order valence-electron chi connectivity index (χ3n) is 3.15. The second-order valence-electron chi connectivity index (χ2n) is 4.67. The summed E-state index contributed by atoms with van der Waals surface area (Å²) in [7, 11) is -2.36. The van der Waals surface area contributed by atoms with Gasteiger partial charge >= 0.3 is 0 Å². The normalized spacial score (nSPS) is 13.0. The molecule has 0 aromatic heterocycles. The maximum atomic E-state index is 13.4. The fourth-order valence-corrected chi connectivity index (χ4v) is 2.72. The van der Waals surface area contributed by atoms with E-state index in [-0.39, 0.29) is 24.9 Å². The molecule has 0 saturated heterocycles. The van der Waals surface area contributed by atoms with Crippen molar-refractivity contribution >= 4 is 15.9 Å². The smallest absolute Gasteiger partial charge is 0.243 e. The second-order valence-corrected chi connectivity index (χ2v) is 6.40. The Bertz CT molecular complexity index is 592. The first-order valence-electron chi connectivity index (χ1n) is 6.49. The maximum absolute atomic E-state index is 13.4. The lowest BCUT2D eigenvalue weighted by Gasteiger charge is -2.23. The zero-order valence-corrected chi connectivity index (χ0v) is 12.9. The van der Waals surface area contributed by atoms with Crippen LogP contribution in [0.5, 0.6) is 0 Å². The first-order chi connectivity index (χ1) is 9.79. The van der Waals surface area contributed by atoms with Crippen molar-refractivity contribution in [2.24, 2.45) is 5.73 Å². The van der Waals surface area contributed by atoms with Gasteiger partial charge in [0.2, 0.25) is 15.9 Å². The van der Waals surface area contributed by atoms with E-state index in [0.717, 1.165) is 6.07 Å². The Hall–Kier alpha value is -1.51. The lowest BCUT2D eigenvalue weighted by atomic mass is 10.2. The average molecular weight is 317 g/mol. The van der Waals surface area contributed by atoms with Crippen LogP contribution in [0.1, 0.15) is 13.3 Å². The van der Waals surface area contributed by atoms with Crippen LogP contribution in [0, 0.1) is 5.82 Å². The van der Waals surface area contributed by atoms with Gasteiger partial charge in [-0.2, -0.15) is 0 Å². The molecule has 0 aliphatic rings. The number of nitrogens with two attached hydrogens (primary N) is 1. The molecule has 1 aromatic carbocycles. The van der Waals surface area contributed by atoms with Crippen LogP contribution in [-0.2, 0) is 14.8 Å². The van der Waals surface area contributed by atoms with Gasteiger partial charge in [0.05, 0.1) is 0 Å². The second kappa shape index (κ2) is 7.48. The van der Waals surface area contributed by atoms with Gasteiger partial charge in [-0.15, -0.1) is 0 Å². The summed E-state index contributed by atoms with van der Waals surface area (Å²) in [5.74, 6) is -1.06. The standard InChI is InChI=1S/C13H20FN3O3S/c1-10(9-15)17(2)13(18)7-8-16-21(19,20)12-6-4-3-5-11(12)14/h3-6,10,16H,7-9,15H2,1-2H3. The molecule has 3 N–H and O–H groups in total.